The fraction of sp³-hybridized carbons (Fsp3) is 0.722. The second kappa shape index (κ2) is 7.81. The van der Waals surface area contributed by atoms with Crippen LogP contribution in [-0.4, -0.2) is 45.1 Å². The van der Waals surface area contributed by atoms with E-state index in [4.69, 9.17) is 0 Å². The van der Waals surface area contributed by atoms with Gasteiger partial charge in [-0.05, 0) is 38.7 Å². The van der Waals surface area contributed by atoms with Gasteiger partial charge >= 0.3 is 0 Å². The van der Waals surface area contributed by atoms with Gasteiger partial charge in [-0.15, -0.1) is 0 Å². The van der Waals surface area contributed by atoms with E-state index < -0.39 is 0 Å². The summed E-state index contributed by atoms with van der Waals surface area (Å²) in [5.41, 5.74) is 0. The van der Waals surface area contributed by atoms with E-state index in [-0.39, 0.29) is 29.8 Å². The van der Waals surface area contributed by atoms with Gasteiger partial charge in [0.15, 0.2) is 0 Å². The van der Waals surface area contributed by atoms with Gasteiger partial charge in [0, 0.05) is 30.9 Å². The molecule has 2 heterocycles. The van der Waals surface area contributed by atoms with Crippen LogP contribution in [0.2, 0.25) is 0 Å². The number of aromatic nitrogens is 2. The summed E-state index contributed by atoms with van der Waals surface area (Å²) in [6, 6.07) is 1.57. The van der Waals surface area contributed by atoms with Gasteiger partial charge in [-0.2, -0.15) is 5.10 Å². The molecule has 2 amide bonds. The van der Waals surface area contributed by atoms with Crippen LogP contribution in [0.25, 0.3) is 0 Å². The van der Waals surface area contributed by atoms with Crippen LogP contribution >= 0.6 is 0 Å². The molecule has 1 aromatic heterocycles. The van der Waals surface area contributed by atoms with Gasteiger partial charge in [-0.1, -0.05) is 19.3 Å². The maximum atomic E-state index is 12.8. The molecule has 6 nitrogen and oxygen atoms in total. The molecule has 1 N–H and O–H groups in total. The van der Waals surface area contributed by atoms with Crippen LogP contribution in [-0.2, 0) is 16.1 Å². The Morgan fingerprint density at radius 3 is 2.71 bits per heavy atom. The lowest BCUT2D eigenvalue weighted by Crippen LogP contribution is -2.50. The summed E-state index contributed by atoms with van der Waals surface area (Å²) in [7, 11) is 0. The zero-order valence-electron chi connectivity index (χ0n) is 14.5. The smallest absolute Gasteiger partial charge is 0.243 e. The van der Waals surface area contributed by atoms with Gasteiger partial charge in [-0.3, -0.25) is 14.3 Å². The summed E-state index contributed by atoms with van der Waals surface area (Å²) in [5.74, 6) is 0.317. The molecule has 132 valence electrons. The molecule has 1 saturated heterocycles. The molecule has 2 aliphatic rings. The highest BCUT2D eigenvalue weighted by Gasteiger charge is 2.37. The maximum absolute atomic E-state index is 12.8. The third-order valence-electron chi connectivity index (χ3n) is 5.20. The standard InChI is InChI=1S/C18H28N4O2/c1-14(13-21-11-6-10-19-21)20-17(23)16-9-5-12-22(16)18(24)15-7-3-2-4-8-15/h6,10-11,14-16H,2-5,7-9,12-13H2,1H3,(H,20,23)/t14-,16+/m0/s1. The molecule has 3 rings (SSSR count). The number of hydrogen-bond acceptors (Lipinski definition) is 3. The van der Waals surface area contributed by atoms with Crippen molar-refractivity contribution < 1.29 is 9.59 Å². The second-order valence-corrected chi connectivity index (χ2v) is 7.16. The van der Waals surface area contributed by atoms with E-state index in [9.17, 15) is 9.59 Å². The molecular formula is C18H28N4O2. The molecule has 1 aliphatic carbocycles. The molecule has 0 unspecified atom stereocenters. The quantitative estimate of drug-likeness (QED) is 0.896. The lowest BCUT2D eigenvalue weighted by Gasteiger charge is -2.30. The Morgan fingerprint density at radius 2 is 2.00 bits per heavy atom. The number of rotatable bonds is 5. The predicted molar refractivity (Wildman–Crippen MR) is 91.1 cm³/mol. The van der Waals surface area contributed by atoms with Gasteiger partial charge in [-0.25, -0.2) is 0 Å². The molecule has 1 aromatic rings. The number of carbonyl (C=O) groups excluding carboxylic acids is 2. The number of nitrogens with zero attached hydrogens (tertiary/aromatic N) is 3. The van der Waals surface area contributed by atoms with Crippen LogP contribution in [0.1, 0.15) is 51.9 Å². The van der Waals surface area contributed by atoms with E-state index in [1.165, 1.54) is 6.42 Å². The fourth-order valence-corrected chi connectivity index (χ4v) is 3.96. The number of nitrogens with one attached hydrogen (secondary N) is 1. The third-order valence-corrected chi connectivity index (χ3v) is 5.20. The molecular weight excluding hydrogens is 304 g/mol. The summed E-state index contributed by atoms with van der Waals surface area (Å²) < 4.78 is 1.81. The molecule has 0 bridgehead atoms. The van der Waals surface area contributed by atoms with Crippen molar-refractivity contribution >= 4 is 11.8 Å². The highest BCUT2D eigenvalue weighted by atomic mass is 16.2. The SMILES string of the molecule is C[C@@H](Cn1cccn1)NC(=O)[C@H]1CCCN1C(=O)C1CCCCC1. The summed E-state index contributed by atoms with van der Waals surface area (Å²) >= 11 is 0. The number of hydrogen-bond donors (Lipinski definition) is 1. The molecule has 6 heteroatoms. The molecule has 2 atom stereocenters. The van der Waals surface area contributed by atoms with Gasteiger partial charge in [0.05, 0.1) is 6.54 Å². The zero-order chi connectivity index (χ0) is 16.9. The topological polar surface area (TPSA) is 67.2 Å². The van der Waals surface area contributed by atoms with Crippen LogP contribution in [0.4, 0.5) is 0 Å². The summed E-state index contributed by atoms with van der Waals surface area (Å²) in [4.78, 5) is 27.3. The predicted octanol–water partition coefficient (Wildman–Crippen LogP) is 1.96. The minimum atomic E-state index is -0.292. The summed E-state index contributed by atoms with van der Waals surface area (Å²) in [6.07, 6.45) is 10.8. The summed E-state index contributed by atoms with van der Waals surface area (Å²) in [5, 5.41) is 7.22. The van der Waals surface area contributed by atoms with Crippen molar-refractivity contribution in [3.8, 4) is 0 Å². The Kier molecular flexibility index (Phi) is 5.53. The molecule has 0 aromatic carbocycles. The Balaban J connectivity index is 1.55. The van der Waals surface area contributed by atoms with E-state index in [2.05, 4.69) is 10.4 Å². The monoisotopic (exact) mass is 332 g/mol. The van der Waals surface area contributed by atoms with Crippen LogP contribution < -0.4 is 5.32 Å². The van der Waals surface area contributed by atoms with Crippen molar-refractivity contribution in [1.82, 2.24) is 20.0 Å². The van der Waals surface area contributed by atoms with E-state index in [0.717, 1.165) is 45.1 Å². The van der Waals surface area contributed by atoms with Gasteiger partial charge < -0.3 is 10.2 Å². The highest BCUT2D eigenvalue weighted by Crippen LogP contribution is 2.28. The largest absolute Gasteiger partial charge is 0.350 e. The number of amides is 2. The normalized spacial score (nSPS) is 23.2. The van der Waals surface area contributed by atoms with E-state index in [1.54, 1.807) is 6.20 Å². The van der Waals surface area contributed by atoms with Crippen molar-refractivity contribution in [1.29, 1.82) is 0 Å². The molecule has 2 fully saturated rings. The average molecular weight is 332 g/mol. The Hall–Kier alpha value is -1.85. The van der Waals surface area contributed by atoms with E-state index in [0.29, 0.717) is 6.54 Å². The average Bonchev–Trinajstić information content (AvgIpc) is 3.26. The van der Waals surface area contributed by atoms with Crippen LogP contribution in [0.15, 0.2) is 18.5 Å². The van der Waals surface area contributed by atoms with Crippen molar-refractivity contribution in [3.63, 3.8) is 0 Å². The molecule has 24 heavy (non-hydrogen) atoms. The maximum Gasteiger partial charge on any atom is 0.243 e. The van der Waals surface area contributed by atoms with Gasteiger partial charge in [0.2, 0.25) is 11.8 Å². The lowest BCUT2D eigenvalue weighted by molar-refractivity contribution is -0.142. The zero-order valence-corrected chi connectivity index (χ0v) is 14.5. The van der Waals surface area contributed by atoms with Crippen molar-refractivity contribution in [3.05, 3.63) is 18.5 Å². The van der Waals surface area contributed by atoms with E-state index >= 15 is 0 Å². The molecule has 0 spiro atoms. The minimum Gasteiger partial charge on any atom is -0.350 e. The summed E-state index contributed by atoms with van der Waals surface area (Å²) in [6.45, 7) is 3.34. The lowest BCUT2D eigenvalue weighted by atomic mass is 9.88. The van der Waals surface area contributed by atoms with Crippen LogP contribution in [0.3, 0.4) is 0 Å². The van der Waals surface area contributed by atoms with Gasteiger partial charge in [0.25, 0.3) is 0 Å². The molecule has 1 saturated carbocycles. The van der Waals surface area contributed by atoms with Crippen LogP contribution in [0, 0.1) is 5.92 Å². The molecule has 0 radical (unpaired) electrons. The first kappa shape index (κ1) is 17.0. The Labute approximate surface area is 143 Å². The highest BCUT2D eigenvalue weighted by molar-refractivity contribution is 5.89. The van der Waals surface area contributed by atoms with Crippen molar-refractivity contribution in [2.45, 2.75) is 70.5 Å². The first-order valence-electron chi connectivity index (χ1n) is 9.23. The first-order valence-corrected chi connectivity index (χ1v) is 9.23. The van der Waals surface area contributed by atoms with Gasteiger partial charge in [0.1, 0.15) is 6.04 Å². The van der Waals surface area contributed by atoms with Crippen molar-refractivity contribution in [2.24, 2.45) is 5.92 Å². The Bertz CT molecular complexity index is 551. The first-order chi connectivity index (χ1) is 11.6. The molecule has 1 aliphatic heterocycles. The fourth-order valence-electron chi connectivity index (χ4n) is 3.96. The second-order valence-electron chi connectivity index (χ2n) is 7.16. The third kappa shape index (κ3) is 3.97. The van der Waals surface area contributed by atoms with Crippen molar-refractivity contribution in [2.75, 3.05) is 6.54 Å². The van der Waals surface area contributed by atoms with Crippen LogP contribution in [0.5, 0.6) is 0 Å². The minimum absolute atomic E-state index is 0.00960. The number of likely N-dealkylation sites (tertiary alicyclic amines) is 1. The van der Waals surface area contributed by atoms with E-state index in [1.807, 2.05) is 28.8 Å². The number of carbonyl (C=O) groups is 2. The Morgan fingerprint density at radius 1 is 1.21 bits per heavy atom.